The first kappa shape index (κ1) is 14.0. The molecule has 0 aromatic carbocycles. The van der Waals surface area contributed by atoms with Gasteiger partial charge in [-0.3, -0.25) is 4.99 Å². The molecule has 0 aliphatic heterocycles. The molecule has 0 aliphatic carbocycles. The monoisotopic (exact) mass is 254 g/mol. The molecule has 0 amide bonds. The lowest BCUT2D eigenvalue weighted by Gasteiger charge is -2.22. The summed E-state index contributed by atoms with van der Waals surface area (Å²) in [4.78, 5) is 13.1. The summed E-state index contributed by atoms with van der Waals surface area (Å²) in [5, 5.41) is 3.32. The Hall–Kier alpha value is -1.10. The molecule has 0 saturated heterocycles. The molecule has 4 nitrogen and oxygen atoms in total. The van der Waals surface area contributed by atoms with E-state index in [4.69, 9.17) is 0 Å². The lowest BCUT2D eigenvalue weighted by Crippen LogP contribution is -2.35. The summed E-state index contributed by atoms with van der Waals surface area (Å²) in [6.07, 6.45) is 2.08. The number of nitrogens with zero attached hydrogens (tertiary/aromatic N) is 4. The van der Waals surface area contributed by atoms with Crippen LogP contribution in [0.25, 0.3) is 0 Å². The van der Waals surface area contributed by atoms with Gasteiger partial charge in [-0.25, -0.2) is 4.98 Å². The van der Waals surface area contributed by atoms with Crippen molar-refractivity contribution < 1.29 is 0 Å². The van der Waals surface area contributed by atoms with Crippen molar-refractivity contribution in [2.45, 2.75) is 19.8 Å². The van der Waals surface area contributed by atoms with Crippen molar-refractivity contribution in [1.82, 2.24) is 14.8 Å². The number of rotatable bonds is 4. The minimum absolute atomic E-state index is 0.852. The second-order valence-electron chi connectivity index (χ2n) is 4.46. The third-order valence-electron chi connectivity index (χ3n) is 2.27. The van der Waals surface area contributed by atoms with Gasteiger partial charge in [0.25, 0.3) is 0 Å². The number of thiazole rings is 1. The molecule has 0 radical (unpaired) electrons. The van der Waals surface area contributed by atoms with Gasteiger partial charge >= 0.3 is 0 Å². The summed E-state index contributed by atoms with van der Waals surface area (Å²) >= 11 is 1.74. The highest BCUT2D eigenvalue weighted by Gasteiger charge is 2.03. The van der Waals surface area contributed by atoms with Gasteiger partial charge in [0.05, 0.1) is 5.01 Å². The highest BCUT2D eigenvalue weighted by molar-refractivity contribution is 7.09. The molecule has 1 aromatic heterocycles. The normalized spacial score (nSPS) is 10.2. The molecule has 5 heteroatoms. The third-order valence-corrected chi connectivity index (χ3v) is 3.30. The molecule has 96 valence electrons. The molecule has 1 aromatic rings. The van der Waals surface area contributed by atoms with Crippen LogP contribution in [0.4, 0.5) is 0 Å². The maximum Gasteiger partial charge on any atom is 0.195 e. The molecule has 1 rings (SSSR count). The first-order valence-corrected chi connectivity index (χ1v) is 6.68. The molecule has 0 bridgehead atoms. The fourth-order valence-corrected chi connectivity index (χ4v) is 2.43. The standard InChI is InChI=1S/C12H22N4S/c1-10-9-17-11(14-10)7-6-8-13-12(15(2)3)16(4)5/h9H,6-8H2,1-5H3. The summed E-state index contributed by atoms with van der Waals surface area (Å²) in [5.41, 5.74) is 1.12. The van der Waals surface area contributed by atoms with E-state index in [1.54, 1.807) is 11.3 Å². The Morgan fingerprint density at radius 3 is 2.41 bits per heavy atom. The van der Waals surface area contributed by atoms with Crippen molar-refractivity contribution in [3.8, 4) is 0 Å². The zero-order valence-corrected chi connectivity index (χ0v) is 12.2. The predicted octanol–water partition coefficient (Wildman–Crippen LogP) is 1.86. The van der Waals surface area contributed by atoms with Gasteiger partial charge in [0, 0.05) is 52.2 Å². The summed E-state index contributed by atoms with van der Waals surface area (Å²) in [5.74, 6) is 1.01. The number of hydrogen-bond donors (Lipinski definition) is 0. The first-order valence-electron chi connectivity index (χ1n) is 5.81. The number of guanidine groups is 1. The molecule has 0 aliphatic rings. The Bertz CT molecular complexity index is 358. The van der Waals surface area contributed by atoms with Crippen LogP contribution in [0.15, 0.2) is 10.4 Å². The Balaban J connectivity index is 2.38. The van der Waals surface area contributed by atoms with E-state index in [1.807, 2.05) is 44.9 Å². The summed E-state index contributed by atoms with van der Waals surface area (Å²) in [6.45, 7) is 2.89. The van der Waals surface area contributed by atoms with Crippen LogP contribution >= 0.6 is 11.3 Å². The van der Waals surface area contributed by atoms with E-state index in [0.29, 0.717) is 0 Å². The van der Waals surface area contributed by atoms with Gasteiger partial charge in [-0.15, -0.1) is 11.3 Å². The van der Waals surface area contributed by atoms with E-state index >= 15 is 0 Å². The highest BCUT2D eigenvalue weighted by atomic mass is 32.1. The fourth-order valence-electron chi connectivity index (χ4n) is 1.61. The topological polar surface area (TPSA) is 31.7 Å². The summed E-state index contributed by atoms with van der Waals surface area (Å²) < 4.78 is 0. The van der Waals surface area contributed by atoms with Gasteiger partial charge in [-0.05, 0) is 13.3 Å². The van der Waals surface area contributed by atoms with Crippen LogP contribution in [-0.2, 0) is 6.42 Å². The molecule has 0 fully saturated rings. The van der Waals surface area contributed by atoms with Gasteiger partial charge in [0.2, 0.25) is 0 Å². The largest absolute Gasteiger partial charge is 0.349 e. The van der Waals surface area contributed by atoms with Gasteiger partial charge < -0.3 is 9.80 Å². The quantitative estimate of drug-likeness (QED) is 0.467. The molecule has 0 unspecified atom stereocenters. The molecule has 17 heavy (non-hydrogen) atoms. The predicted molar refractivity (Wildman–Crippen MR) is 74.8 cm³/mol. The molecule has 0 saturated carbocycles. The Labute approximate surface area is 108 Å². The Morgan fingerprint density at radius 1 is 1.29 bits per heavy atom. The molecule has 0 N–H and O–H groups in total. The van der Waals surface area contributed by atoms with E-state index in [1.165, 1.54) is 5.01 Å². The Kier molecular flexibility index (Phi) is 5.41. The van der Waals surface area contributed by atoms with Crippen molar-refractivity contribution in [2.75, 3.05) is 34.7 Å². The second kappa shape index (κ2) is 6.59. The van der Waals surface area contributed by atoms with Crippen LogP contribution in [0, 0.1) is 6.92 Å². The van der Waals surface area contributed by atoms with Crippen LogP contribution in [0.3, 0.4) is 0 Å². The summed E-state index contributed by atoms with van der Waals surface area (Å²) in [6, 6.07) is 0. The molecular weight excluding hydrogens is 232 g/mol. The average molecular weight is 254 g/mol. The van der Waals surface area contributed by atoms with Crippen molar-refractivity contribution in [3.63, 3.8) is 0 Å². The maximum absolute atomic E-state index is 4.59. The maximum atomic E-state index is 4.59. The van der Waals surface area contributed by atoms with Crippen molar-refractivity contribution in [1.29, 1.82) is 0 Å². The zero-order chi connectivity index (χ0) is 12.8. The highest BCUT2D eigenvalue weighted by Crippen LogP contribution is 2.10. The van der Waals surface area contributed by atoms with Gasteiger partial charge in [-0.2, -0.15) is 0 Å². The van der Waals surface area contributed by atoms with E-state index in [-0.39, 0.29) is 0 Å². The molecular formula is C12H22N4S. The number of aliphatic imine (C=N–C) groups is 1. The lowest BCUT2D eigenvalue weighted by atomic mass is 10.3. The van der Waals surface area contributed by atoms with Crippen molar-refractivity contribution in [3.05, 3.63) is 16.1 Å². The van der Waals surface area contributed by atoms with Crippen LogP contribution < -0.4 is 0 Å². The van der Waals surface area contributed by atoms with E-state index < -0.39 is 0 Å². The molecule has 0 atom stereocenters. The number of hydrogen-bond acceptors (Lipinski definition) is 3. The zero-order valence-electron chi connectivity index (χ0n) is 11.4. The smallest absolute Gasteiger partial charge is 0.195 e. The van der Waals surface area contributed by atoms with Gasteiger partial charge in [-0.1, -0.05) is 0 Å². The minimum Gasteiger partial charge on any atom is -0.349 e. The Morgan fingerprint density at radius 2 is 1.94 bits per heavy atom. The summed E-state index contributed by atoms with van der Waals surface area (Å²) in [7, 11) is 8.07. The second-order valence-corrected chi connectivity index (χ2v) is 5.40. The van der Waals surface area contributed by atoms with E-state index in [9.17, 15) is 0 Å². The SMILES string of the molecule is Cc1csc(CCCN=C(N(C)C)N(C)C)n1. The van der Waals surface area contributed by atoms with Crippen LogP contribution in [0.1, 0.15) is 17.1 Å². The molecule has 1 heterocycles. The van der Waals surface area contributed by atoms with E-state index in [0.717, 1.165) is 31.0 Å². The van der Waals surface area contributed by atoms with E-state index in [2.05, 4.69) is 15.4 Å². The number of aromatic nitrogens is 1. The number of aryl methyl sites for hydroxylation is 2. The van der Waals surface area contributed by atoms with Gasteiger partial charge in [0.15, 0.2) is 5.96 Å². The van der Waals surface area contributed by atoms with Crippen LogP contribution in [0.5, 0.6) is 0 Å². The molecule has 0 spiro atoms. The van der Waals surface area contributed by atoms with Crippen LogP contribution in [0.2, 0.25) is 0 Å². The third kappa shape index (κ3) is 4.73. The van der Waals surface area contributed by atoms with Crippen molar-refractivity contribution in [2.24, 2.45) is 4.99 Å². The fraction of sp³-hybridized carbons (Fsp3) is 0.667. The average Bonchev–Trinajstić information content (AvgIpc) is 2.62. The lowest BCUT2D eigenvalue weighted by molar-refractivity contribution is 0.479. The van der Waals surface area contributed by atoms with Crippen molar-refractivity contribution >= 4 is 17.3 Å². The van der Waals surface area contributed by atoms with Gasteiger partial charge in [0.1, 0.15) is 0 Å². The van der Waals surface area contributed by atoms with Crippen LogP contribution in [-0.4, -0.2) is 55.5 Å². The minimum atomic E-state index is 0.852. The first-order chi connectivity index (χ1) is 8.00.